The van der Waals surface area contributed by atoms with Crippen LogP contribution >= 0.6 is 0 Å². The van der Waals surface area contributed by atoms with Crippen LogP contribution in [0, 0.1) is 20.8 Å². The summed E-state index contributed by atoms with van der Waals surface area (Å²) in [5.74, 6) is -0.818. The van der Waals surface area contributed by atoms with E-state index in [2.05, 4.69) is 36.3 Å². The van der Waals surface area contributed by atoms with Crippen LogP contribution in [0.5, 0.6) is 0 Å². The molecule has 0 amide bonds. The van der Waals surface area contributed by atoms with Crippen LogP contribution in [-0.2, 0) is 17.8 Å². The zero-order valence-electron chi connectivity index (χ0n) is 11.5. The number of carbonyl (C=O) groups is 1. The maximum Gasteiger partial charge on any atom is 0.307 e. The average Bonchev–Trinajstić information content (AvgIpc) is 2.60. The van der Waals surface area contributed by atoms with Gasteiger partial charge in [-0.25, -0.2) is 0 Å². The molecule has 19 heavy (non-hydrogen) atoms. The number of benzene rings is 1. The lowest BCUT2D eigenvalue weighted by Crippen LogP contribution is -2.06. The molecule has 4 heteroatoms. The Bertz CT molecular complexity index is 597. The Balaban J connectivity index is 2.26. The summed E-state index contributed by atoms with van der Waals surface area (Å²) in [7, 11) is 0. The maximum absolute atomic E-state index is 10.8. The second-order valence-electron chi connectivity index (χ2n) is 4.86. The van der Waals surface area contributed by atoms with Gasteiger partial charge in [0.2, 0.25) is 0 Å². The first-order valence-electron chi connectivity index (χ1n) is 6.27. The van der Waals surface area contributed by atoms with Gasteiger partial charge in [0.1, 0.15) is 0 Å². The van der Waals surface area contributed by atoms with Crippen molar-refractivity contribution in [3.63, 3.8) is 0 Å². The predicted octanol–water partition coefficient (Wildman–Crippen LogP) is 2.48. The summed E-state index contributed by atoms with van der Waals surface area (Å²) in [5.41, 5.74) is 4.94. The third-order valence-corrected chi connectivity index (χ3v) is 3.31. The smallest absolute Gasteiger partial charge is 0.307 e. The van der Waals surface area contributed by atoms with Gasteiger partial charge < -0.3 is 5.11 Å². The molecule has 0 fully saturated rings. The lowest BCUT2D eigenvalue weighted by molar-refractivity contribution is -0.136. The highest BCUT2D eigenvalue weighted by Crippen LogP contribution is 2.15. The summed E-state index contributed by atoms with van der Waals surface area (Å²) in [6.07, 6.45) is 0.0333. The van der Waals surface area contributed by atoms with Gasteiger partial charge in [0.25, 0.3) is 0 Å². The molecule has 0 saturated heterocycles. The number of aryl methyl sites for hydroxylation is 2. The van der Waals surface area contributed by atoms with Gasteiger partial charge >= 0.3 is 5.97 Å². The normalized spacial score (nSPS) is 10.7. The molecule has 0 bridgehead atoms. The van der Waals surface area contributed by atoms with Gasteiger partial charge in [0.05, 0.1) is 18.7 Å². The Morgan fingerprint density at radius 2 is 1.84 bits per heavy atom. The van der Waals surface area contributed by atoms with Crippen molar-refractivity contribution in [3.8, 4) is 0 Å². The minimum absolute atomic E-state index is 0.0333. The molecule has 0 saturated carbocycles. The molecule has 0 radical (unpaired) electrons. The Morgan fingerprint density at radius 3 is 2.42 bits per heavy atom. The first-order valence-corrected chi connectivity index (χ1v) is 6.27. The van der Waals surface area contributed by atoms with E-state index in [1.807, 2.05) is 18.5 Å². The molecule has 0 aliphatic carbocycles. The second kappa shape index (κ2) is 5.26. The molecule has 1 aromatic heterocycles. The monoisotopic (exact) mass is 258 g/mol. The molecule has 1 N–H and O–H groups in total. The van der Waals surface area contributed by atoms with Crippen LogP contribution < -0.4 is 0 Å². The highest BCUT2D eigenvalue weighted by molar-refractivity contribution is 5.70. The van der Waals surface area contributed by atoms with Crippen molar-refractivity contribution < 1.29 is 9.90 Å². The van der Waals surface area contributed by atoms with Crippen molar-refractivity contribution in [1.29, 1.82) is 0 Å². The molecule has 0 atom stereocenters. The number of carboxylic acid groups (broad SMARTS) is 1. The number of hydrogen-bond acceptors (Lipinski definition) is 2. The highest BCUT2D eigenvalue weighted by Gasteiger charge is 2.14. The lowest BCUT2D eigenvalue weighted by atomic mass is 10.1. The third-order valence-electron chi connectivity index (χ3n) is 3.31. The van der Waals surface area contributed by atoms with Crippen molar-refractivity contribution in [2.45, 2.75) is 33.7 Å². The van der Waals surface area contributed by atoms with E-state index >= 15 is 0 Å². The largest absolute Gasteiger partial charge is 0.481 e. The van der Waals surface area contributed by atoms with E-state index in [1.165, 1.54) is 5.56 Å². The van der Waals surface area contributed by atoms with Crippen LogP contribution in [0.2, 0.25) is 0 Å². The first-order chi connectivity index (χ1) is 8.97. The average molecular weight is 258 g/mol. The molecule has 0 aliphatic rings. The van der Waals surface area contributed by atoms with Gasteiger partial charge in [-0.3, -0.25) is 9.48 Å². The molecular weight excluding hydrogens is 240 g/mol. The summed E-state index contributed by atoms with van der Waals surface area (Å²) in [4.78, 5) is 10.8. The summed E-state index contributed by atoms with van der Waals surface area (Å²) in [6, 6.07) is 8.28. The molecular formula is C15H18N2O2. The van der Waals surface area contributed by atoms with Gasteiger partial charge in [-0.15, -0.1) is 0 Å². The molecule has 100 valence electrons. The Kier molecular flexibility index (Phi) is 3.69. The van der Waals surface area contributed by atoms with E-state index in [9.17, 15) is 4.79 Å². The number of nitrogens with zero attached hydrogens (tertiary/aromatic N) is 2. The Morgan fingerprint density at radius 1 is 1.21 bits per heavy atom. The summed E-state index contributed by atoms with van der Waals surface area (Å²) < 4.78 is 1.87. The van der Waals surface area contributed by atoms with Gasteiger partial charge in [-0.2, -0.15) is 5.10 Å². The molecule has 0 unspecified atom stereocenters. The van der Waals surface area contributed by atoms with Crippen LogP contribution in [0.4, 0.5) is 0 Å². The third kappa shape index (κ3) is 3.02. The van der Waals surface area contributed by atoms with Crippen molar-refractivity contribution in [2.75, 3.05) is 0 Å². The minimum atomic E-state index is -0.818. The molecule has 2 aromatic rings. The molecule has 0 spiro atoms. The van der Waals surface area contributed by atoms with Crippen molar-refractivity contribution >= 4 is 5.97 Å². The summed E-state index contributed by atoms with van der Waals surface area (Å²) in [6.45, 7) is 6.51. The zero-order chi connectivity index (χ0) is 14.0. The van der Waals surface area contributed by atoms with Gasteiger partial charge in [-0.1, -0.05) is 29.8 Å². The predicted molar refractivity (Wildman–Crippen MR) is 73.3 cm³/mol. The molecule has 4 nitrogen and oxygen atoms in total. The number of aromatic nitrogens is 2. The van der Waals surface area contributed by atoms with Crippen LogP contribution in [-0.4, -0.2) is 20.9 Å². The number of carboxylic acids is 1. The molecule has 0 aliphatic heterocycles. The molecule has 2 rings (SSSR count). The van der Waals surface area contributed by atoms with E-state index in [0.717, 1.165) is 22.5 Å². The van der Waals surface area contributed by atoms with Crippen LogP contribution in [0.3, 0.4) is 0 Å². The maximum atomic E-state index is 10.8. The Hall–Kier alpha value is -2.10. The number of aliphatic carboxylic acids is 1. The number of hydrogen-bond donors (Lipinski definition) is 1. The van der Waals surface area contributed by atoms with E-state index < -0.39 is 5.97 Å². The van der Waals surface area contributed by atoms with E-state index in [-0.39, 0.29) is 6.42 Å². The minimum Gasteiger partial charge on any atom is -0.481 e. The topological polar surface area (TPSA) is 55.1 Å². The second-order valence-corrected chi connectivity index (χ2v) is 4.86. The van der Waals surface area contributed by atoms with Crippen molar-refractivity contribution in [1.82, 2.24) is 9.78 Å². The fourth-order valence-electron chi connectivity index (χ4n) is 2.16. The molecule has 1 aromatic carbocycles. The number of rotatable bonds is 4. The first kappa shape index (κ1) is 13.3. The van der Waals surface area contributed by atoms with Gasteiger partial charge in [0.15, 0.2) is 0 Å². The van der Waals surface area contributed by atoms with Crippen LogP contribution in [0.1, 0.15) is 28.1 Å². The van der Waals surface area contributed by atoms with Crippen molar-refractivity contribution in [2.24, 2.45) is 0 Å². The van der Waals surface area contributed by atoms with E-state index in [1.54, 1.807) is 0 Å². The SMILES string of the molecule is Cc1ccc(Cn2nc(C)c(CC(=O)O)c2C)cc1. The fourth-order valence-corrected chi connectivity index (χ4v) is 2.16. The van der Waals surface area contributed by atoms with Crippen molar-refractivity contribution in [3.05, 3.63) is 52.3 Å². The molecule has 1 heterocycles. The standard InChI is InChI=1S/C15H18N2O2/c1-10-4-6-13(7-5-10)9-17-12(3)14(8-15(18)19)11(2)16-17/h4-7H,8-9H2,1-3H3,(H,18,19). The van der Waals surface area contributed by atoms with E-state index in [0.29, 0.717) is 6.54 Å². The summed E-state index contributed by atoms with van der Waals surface area (Å²) in [5, 5.41) is 13.3. The van der Waals surface area contributed by atoms with E-state index in [4.69, 9.17) is 5.11 Å². The fraction of sp³-hybridized carbons (Fsp3) is 0.333. The lowest BCUT2D eigenvalue weighted by Gasteiger charge is -2.05. The van der Waals surface area contributed by atoms with Crippen LogP contribution in [0.25, 0.3) is 0 Å². The van der Waals surface area contributed by atoms with Crippen LogP contribution in [0.15, 0.2) is 24.3 Å². The van der Waals surface area contributed by atoms with Gasteiger partial charge in [0, 0.05) is 11.3 Å². The zero-order valence-corrected chi connectivity index (χ0v) is 11.5. The summed E-state index contributed by atoms with van der Waals surface area (Å²) >= 11 is 0. The quantitative estimate of drug-likeness (QED) is 0.916. The highest BCUT2D eigenvalue weighted by atomic mass is 16.4. The Labute approximate surface area is 112 Å². The van der Waals surface area contributed by atoms with Gasteiger partial charge in [-0.05, 0) is 26.3 Å².